The maximum atomic E-state index is 3.77. The molecular weight excluding hydrogens is 256 g/mol. The molecule has 1 saturated heterocycles. The molecule has 0 amide bonds. The number of nitrogens with zero attached hydrogens (tertiary/aromatic N) is 1. The minimum atomic E-state index is 0.0648. The molecule has 1 heterocycles. The second-order valence-electron chi connectivity index (χ2n) is 7.98. The van der Waals surface area contributed by atoms with E-state index in [4.69, 9.17) is 0 Å². The maximum Gasteiger partial charge on any atom is 0.0534 e. The van der Waals surface area contributed by atoms with E-state index in [1.807, 2.05) is 0 Å². The Kier molecular flexibility index (Phi) is 5.11. The molecule has 0 aromatic heterocycles. The molecule has 2 heteroatoms. The van der Waals surface area contributed by atoms with Gasteiger partial charge < -0.3 is 10.2 Å². The molecule has 1 aromatic carbocycles. The van der Waals surface area contributed by atoms with Crippen LogP contribution in [0.5, 0.6) is 0 Å². The van der Waals surface area contributed by atoms with Gasteiger partial charge >= 0.3 is 0 Å². The number of benzene rings is 1. The van der Waals surface area contributed by atoms with Crippen LogP contribution in [0.2, 0.25) is 0 Å². The Morgan fingerprint density at radius 1 is 1.24 bits per heavy atom. The summed E-state index contributed by atoms with van der Waals surface area (Å²) in [7, 11) is 0. The van der Waals surface area contributed by atoms with E-state index in [1.54, 1.807) is 0 Å². The van der Waals surface area contributed by atoms with Gasteiger partial charge in [0, 0.05) is 13.1 Å². The van der Waals surface area contributed by atoms with E-state index in [2.05, 4.69) is 75.2 Å². The van der Waals surface area contributed by atoms with Gasteiger partial charge in [-0.15, -0.1) is 0 Å². The molecule has 0 radical (unpaired) electrons. The van der Waals surface area contributed by atoms with E-state index in [-0.39, 0.29) is 5.54 Å². The van der Waals surface area contributed by atoms with Crippen LogP contribution in [0.1, 0.15) is 46.6 Å². The van der Waals surface area contributed by atoms with Crippen molar-refractivity contribution >= 4 is 0 Å². The van der Waals surface area contributed by atoms with Crippen LogP contribution in [-0.2, 0) is 5.54 Å². The highest BCUT2D eigenvalue weighted by Crippen LogP contribution is 2.29. The molecule has 0 saturated carbocycles. The highest BCUT2D eigenvalue weighted by Gasteiger charge is 2.32. The smallest absolute Gasteiger partial charge is 0.0534 e. The van der Waals surface area contributed by atoms with Gasteiger partial charge in [0.1, 0.15) is 0 Å². The summed E-state index contributed by atoms with van der Waals surface area (Å²) in [6.07, 6.45) is 1.24. The highest BCUT2D eigenvalue weighted by molar-refractivity contribution is 5.24. The summed E-state index contributed by atoms with van der Waals surface area (Å²) in [4.78, 5) is 2.66. The van der Waals surface area contributed by atoms with E-state index < -0.39 is 0 Å². The lowest BCUT2D eigenvalue weighted by Gasteiger charge is -2.37. The van der Waals surface area contributed by atoms with Crippen molar-refractivity contribution in [2.24, 2.45) is 11.3 Å². The molecule has 1 aromatic rings. The first-order valence-electron chi connectivity index (χ1n) is 8.34. The average Bonchev–Trinajstić information content (AvgIpc) is 2.61. The van der Waals surface area contributed by atoms with Crippen molar-refractivity contribution in [1.29, 1.82) is 0 Å². The van der Waals surface area contributed by atoms with Crippen LogP contribution in [0.15, 0.2) is 30.3 Å². The number of nitrogens with one attached hydrogen (secondary N) is 1. The quantitative estimate of drug-likeness (QED) is 0.908. The van der Waals surface area contributed by atoms with Crippen LogP contribution >= 0.6 is 0 Å². The second-order valence-corrected chi connectivity index (χ2v) is 7.98. The molecule has 2 nitrogen and oxygen atoms in total. The van der Waals surface area contributed by atoms with E-state index >= 15 is 0 Å². The molecule has 1 fully saturated rings. The van der Waals surface area contributed by atoms with Gasteiger partial charge in [-0.1, -0.05) is 58.0 Å². The van der Waals surface area contributed by atoms with Crippen molar-refractivity contribution in [1.82, 2.24) is 10.2 Å². The van der Waals surface area contributed by atoms with Gasteiger partial charge in [-0.2, -0.15) is 0 Å². The summed E-state index contributed by atoms with van der Waals surface area (Å²) in [6.45, 7) is 16.4. The van der Waals surface area contributed by atoms with Gasteiger partial charge in [0.15, 0.2) is 0 Å². The normalized spacial score (nSPS) is 26.3. The fraction of sp³-hybridized carbons (Fsp3) is 0.684. The summed E-state index contributed by atoms with van der Waals surface area (Å²) in [6, 6.07) is 10.9. The summed E-state index contributed by atoms with van der Waals surface area (Å²) in [5.74, 6) is 0.704. The Balaban J connectivity index is 2.11. The van der Waals surface area contributed by atoms with E-state index in [9.17, 15) is 0 Å². The Labute approximate surface area is 130 Å². The number of hydrogen-bond acceptors (Lipinski definition) is 2. The molecule has 0 spiro atoms. The minimum Gasteiger partial charge on any atom is -0.307 e. The monoisotopic (exact) mass is 288 g/mol. The zero-order chi connectivity index (χ0) is 15.5. The largest absolute Gasteiger partial charge is 0.307 e. The lowest BCUT2D eigenvalue weighted by Crippen LogP contribution is -2.47. The van der Waals surface area contributed by atoms with Crippen molar-refractivity contribution in [3.8, 4) is 0 Å². The maximum absolute atomic E-state index is 3.77. The number of rotatable bonds is 3. The van der Waals surface area contributed by atoms with Crippen LogP contribution in [0, 0.1) is 11.3 Å². The molecule has 0 bridgehead atoms. The topological polar surface area (TPSA) is 15.3 Å². The molecule has 0 aliphatic carbocycles. The van der Waals surface area contributed by atoms with Crippen LogP contribution in [-0.4, -0.2) is 31.1 Å². The Morgan fingerprint density at radius 3 is 2.52 bits per heavy atom. The van der Waals surface area contributed by atoms with Gasteiger partial charge in [0.2, 0.25) is 0 Å². The second kappa shape index (κ2) is 6.50. The third-order valence-electron chi connectivity index (χ3n) is 5.13. The third-order valence-corrected chi connectivity index (χ3v) is 5.13. The van der Waals surface area contributed by atoms with Crippen LogP contribution in [0.4, 0.5) is 0 Å². The predicted octanol–water partition coefficient (Wildman–Crippen LogP) is 3.88. The number of hydrogen-bond donors (Lipinski definition) is 1. The van der Waals surface area contributed by atoms with Gasteiger partial charge in [-0.05, 0) is 43.3 Å². The Hall–Kier alpha value is -0.860. The molecule has 118 valence electrons. The van der Waals surface area contributed by atoms with Crippen molar-refractivity contribution < 1.29 is 0 Å². The Bertz CT molecular complexity index is 435. The first-order valence-corrected chi connectivity index (χ1v) is 8.34. The standard InChI is InChI=1S/C19H32N2/c1-16(18(2,3)4)14-21-13-9-12-20-19(5,15-21)17-10-7-6-8-11-17/h6-8,10-11,16,20H,9,12-15H2,1-5H3. The zero-order valence-corrected chi connectivity index (χ0v) is 14.4. The summed E-state index contributed by atoms with van der Waals surface area (Å²) < 4.78 is 0. The summed E-state index contributed by atoms with van der Waals surface area (Å²) >= 11 is 0. The lowest BCUT2D eigenvalue weighted by atomic mass is 9.81. The van der Waals surface area contributed by atoms with Crippen molar-refractivity contribution in [3.05, 3.63) is 35.9 Å². The molecule has 21 heavy (non-hydrogen) atoms. The van der Waals surface area contributed by atoms with Crippen molar-refractivity contribution in [2.75, 3.05) is 26.2 Å². The first-order chi connectivity index (χ1) is 9.81. The van der Waals surface area contributed by atoms with E-state index in [0.29, 0.717) is 11.3 Å². The fourth-order valence-electron chi connectivity index (χ4n) is 3.07. The summed E-state index contributed by atoms with van der Waals surface area (Å²) in [5.41, 5.74) is 1.85. The predicted molar refractivity (Wildman–Crippen MR) is 91.5 cm³/mol. The van der Waals surface area contributed by atoms with E-state index in [0.717, 1.165) is 13.1 Å². The zero-order valence-electron chi connectivity index (χ0n) is 14.4. The minimum absolute atomic E-state index is 0.0648. The first kappa shape index (κ1) is 16.5. The highest BCUT2D eigenvalue weighted by atomic mass is 15.2. The molecular formula is C19H32N2. The molecule has 1 aliphatic heterocycles. The molecule has 2 atom stereocenters. The summed E-state index contributed by atoms with van der Waals surface area (Å²) in [5, 5.41) is 3.77. The molecule has 2 rings (SSSR count). The SMILES string of the molecule is CC(CN1CCCNC(C)(c2ccccc2)C1)C(C)(C)C. The fourth-order valence-corrected chi connectivity index (χ4v) is 3.07. The van der Waals surface area contributed by atoms with Gasteiger partial charge in [0.25, 0.3) is 0 Å². The Morgan fingerprint density at radius 2 is 1.90 bits per heavy atom. The molecule has 1 N–H and O–H groups in total. The van der Waals surface area contributed by atoms with Crippen molar-refractivity contribution in [3.63, 3.8) is 0 Å². The van der Waals surface area contributed by atoms with Gasteiger partial charge in [0.05, 0.1) is 5.54 Å². The average molecular weight is 288 g/mol. The third kappa shape index (κ3) is 4.31. The van der Waals surface area contributed by atoms with Crippen molar-refractivity contribution in [2.45, 2.75) is 46.6 Å². The molecule has 1 aliphatic rings. The van der Waals surface area contributed by atoms with Crippen LogP contribution in [0.3, 0.4) is 0 Å². The molecule has 2 unspecified atom stereocenters. The van der Waals surface area contributed by atoms with E-state index in [1.165, 1.54) is 25.1 Å². The lowest BCUT2D eigenvalue weighted by molar-refractivity contribution is 0.142. The van der Waals surface area contributed by atoms with Gasteiger partial charge in [-0.25, -0.2) is 0 Å². The van der Waals surface area contributed by atoms with Crippen LogP contribution in [0.25, 0.3) is 0 Å². The van der Waals surface area contributed by atoms with Crippen LogP contribution < -0.4 is 5.32 Å². The van der Waals surface area contributed by atoms with Gasteiger partial charge in [-0.3, -0.25) is 0 Å².